The van der Waals surface area contributed by atoms with Gasteiger partial charge in [0.15, 0.2) is 0 Å². The summed E-state index contributed by atoms with van der Waals surface area (Å²) in [5.74, 6) is 3.42. The van der Waals surface area contributed by atoms with Crippen LogP contribution in [-0.4, -0.2) is 19.2 Å². The van der Waals surface area contributed by atoms with Gasteiger partial charge < -0.3 is 18.9 Å². The quantitative estimate of drug-likeness (QED) is 0.104. The summed E-state index contributed by atoms with van der Waals surface area (Å²) in [4.78, 5) is 24.0. The van der Waals surface area contributed by atoms with Crippen LogP contribution in [-0.2, 0) is 15.6 Å². The molecule has 1 saturated carbocycles. The lowest BCUT2D eigenvalue weighted by atomic mass is 9.59. The van der Waals surface area contributed by atoms with Crippen molar-refractivity contribution in [2.75, 3.05) is 7.11 Å². The molecular formula is C41H46O6. The van der Waals surface area contributed by atoms with Crippen molar-refractivity contribution in [1.82, 2.24) is 0 Å². The van der Waals surface area contributed by atoms with Crippen LogP contribution >= 0.6 is 0 Å². The monoisotopic (exact) mass is 634 g/mol. The minimum Gasteiger partial charge on any atom is -0.497 e. The Kier molecular flexibility index (Phi) is 10.1. The van der Waals surface area contributed by atoms with Crippen molar-refractivity contribution in [3.8, 4) is 23.0 Å². The Morgan fingerprint density at radius 1 is 0.723 bits per heavy atom. The van der Waals surface area contributed by atoms with Gasteiger partial charge in [-0.15, -0.1) is 0 Å². The molecule has 246 valence electrons. The topological polar surface area (TPSA) is 71.1 Å². The highest BCUT2D eigenvalue weighted by Gasteiger charge is 2.40. The van der Waals surface area contributed by atoms with E-state index in [-0.39, 0.29) is 16.8 Å². The van der Waals surface area contributed by atoms with Crippen LogP contribution in [0.2, 0.25) is 0 Å². The van der Waals surface area contributed by atoms with E-state index in [0.717, 1.165) is 36.1 Å². The Labute approximate surface area is 279 Å². The van der Waals surface area contributed by atoms with Crippen LogP contribution in [0.15, 0.2) is 97.1 Å². The summed E-state index contributed by atoms with van der Waals surface area (Å²) in [6.07, 6.45) is 2.58. The molecule has 0 saturated heterocycles. The fraction of sp³-hybridized carbons (Fsp3) is 0.366. The van der Waals surface area contributed by atoms with Crippen molar-refractivity contribution in [1.29, 1.82) is 0 Å². The maximum absolute atomic E-state index is 12.7. The molecule has 0 aliphatic heterocycles. The molecule has 3 atom stereocenters. The highest BCUT2D eigenvalue weighted by Crippen LogP contribution is 2.51. The van der Waals surface area contributed by atoms with Crippen molar-refractivity contribution in [2.24, 2.45) is 11.8 Å². The molecule has 0 spiro atoms. The Bertz CT molecular complexity index is 1650. The molecule has 4 aromatic carbocycles. The van der Waals surface area contributed by atoms with Gasteiger partial charge in [-0.1, -0.05) is 83.1 Å². The third-order valence-corrected chi connectivity index (χ3v) is 9.98. The zero-order valence-electron chi connectivity index (χ0n) is 28.5. The first-order valence-corrected chi connectivity index (χ1v) is 16.4. The normalized spacial score (nSPS) is 19.6. The molecule has 0 radical (unpaired) electrons. The first-order valence-electron chi connectivity index (χ1n) is 16.4. The van der Waals surface area contributed by atoms with Crippen LogP contribution in [0.4, 0.5) is 4.79 Å². The standard InChI is InChI=1S/C41H46O6/c1-27(2)37-24-25-41(6,32-14-18-33(44-7)19-15-32)26-38(37)29-8-16-35(17-9-29)46-39(43)47-36-22-12-31(13-23-36)40(4,5)30-10-20-34(21-11-30)45-28(3)42/h8-23,27,37-38H,24-26H2,1-7H3. The molecule has 0 N–H and O–H groups in total. The van der Waals surface area contributed by atoms with E-state index in [9.17, 15) is 9.59 Å². The second-order valence-corrected chi connectivity index (χ2v) is 13.8. The molecule has 0 heterocycles. The summed E-state index contributed by atoms with van der Waals surface area (Å²) >= 11 is 0. The van der Waals surface area contributed by atoms with Gasteiger partial charge in [0.05, 0.1) is 7.11 Å². The van der Waals surface area contributed by atoms with Crippen LogP contribution in [0.5, 0.6) is 23.0 Å². The lowest BCUT2D eigenvalue weighted by Crippen LogP contribution is -2.35. The predicted octanol–water partition coefficient (Wildman–Crippen LogP) is 10.0. The average molecular weight is 635 g/mol. The van der Waals surface area contributed by atoms with Crippen molar-refractivity contribution >= 4 is 12.1 Å². The summed E-state index contributed by atoms with van der Waals surface area (Å²) in [5.41, 5.74) is 4.46. The molecule has 5 rings (SSSR count). The third kappa shape index (κ3) is 7.87. The summed E-state index contributed by atoms with van der Waals surface area (Å²) in [6.45, 7) is 12.6. The number of hydrogen-bond donors (Lipinski definition) is 0. The van der Waals surface area contributed by atoms with E-state index in [1.54, 1.807) is 31.4 Å². The maximum Gasteiger partial charge on any atom is 0.519 e. The minimum atomic E-state index is -0.782. The van der Waals surface area contributed by atoms with Crippen LogP contribution in [0.1, 0.15) is 89.0 Å². The van der Waals surface area contributed by atoms with Crippen molar-refractivity contribution in [2.45, 2.75) is 77.6 Å². The van der Waals surface area contributed by atoms with Crippen molar-refractivity contribution in [3.05, 3.63) is 119 Å². The number of hydrogen-bond acceptors (Lipinski definition) is 6. The Balaban J connectivity index is 1.22. The zero-order chi connectivity index (χ0) is 33.8. The second kappa shape index (κ2) is 14.0. The third-order valence-electron chi connectivity index (χ3n) is 9.98. The summed E-state index contributed by atoms with van der Waals surface area (Å²) in [6, 6.07) is 31.3. The lowest BCUT2D eigenvalue weighted by Gasteiger charge is -2.45. The Morgan fingerprint density at radius 2 is 1.19 bits per heavy atom. The molecule has 3 unspecified atom stereocenters. The number of carbonyl (C=O) groups is 2. The number of rotatable bonds is 9. The van der Waals surface area contributed by atoms with E-state index in [1.807, 2.05) is 36.4 Å². The van der Waals surface area contributed by atoms with Gasteiger partial charge in [-0.3, -0.25) is 4.79 Å². The summed E-state index contributed by atoms with van der Waals surface area (Å²) < 4.78 is 21.6. The van der Waals surface area contributed by atoms with Gasteiger partial charge in [-0.05, 0) is 113 Å². The molecule has 47 heavy (non-hydrogen) atoms. The Morgan fingerprint density at radius 3 is 1.66 bits per heavy atom. The molecule has 4 aromatic rings. The number of benzene rings is 4. The number of methoxy groups -OCH3 is 1. The lowest BCUT2D eigenvalue weighted by molar-refractivity contribution is -0.131. The van der Waals surface area contributed by atoms with E-state index in [0.29, 0.717) is 35.0 Å². The summed E-state index contributed by atoms with van der Waals surface area (Å²) in [7, 11) is 1.70. The van der Waals surface area contributed by atoms with Crippen LogP contribution in [0.25, 0.3) is 0 Å². The SMILES string of the molecule is COc1ccc(C2(C)CCC(C(C)C)C(c3ccc(OC(=O)Oc4ccc(C(C)(C)c5ccc(OC(C)=O)cc5)cc4)cc3)C2)cc1. The predicted molar refractivity (Wildman–Crippen MR) is 185 cm³/mol. The van der Waals surface area contributed by atoms with E-state index in [4.69, 9.17) is 18.9 Å². The fourth-order valence-corrected chi connectivity index (χ4v) is 7.05. The molecule has 6 heteroatoms. The molecule has 1 aliphatic rings. The largest absolute Gasteiger partial charge is 0.519 e. The molecule has 1 fully saturated rings. The van der Waals surface area contributed by atoms with Crippen LogP contribution < -0.4 is 18.9 Å². The molecule has 0 bridgehead atoms. The zero-order valence-corrected chi connectivity index (χ0v) is 28.5. The van der Waals surface area contributed by atoms with E-state index in [1.165, 1.54) is 18.1 Å². The number of carbonyl (C=O) groups excluding carboxylic acids is 2. The van der Waals surface area contributed by atoms with Crippen molar-refractivity contribution < 1.29 is 28.5 Å². The fourth-order valence-electron chi connectivity index (χ4n) is 7.05. The van der Waals surface area contributed by atoms with Crippen LogP contribution in [0.3, 0.4) is 0 Å². The van der Waals surface area contributed by atoms with Gasteiger partial charge in [0.25, 0.3) is 0 Å². The average Bonchev–Trinajstić information content (AvgIpc) is 3.05. The number of ether oxygens (including phenoxy) is 4. The molecule has 1 aliphatic carbocycles. The first-order chi connectivity index (χ1) is 22.4. The van der Waals surface area contributed by atoms with Gasteiger partial charge >= 0.3 is 12.1 Å². The Hall–Kier alpha value is -4.58. The summed E-state index contributed by atoms with van der Waals surface area (Å²) in [5, 5.41) is 0. The molecule has 0 aromatic heterocycles. The van der Waals surface area contributed by atoms with Gasteiger partial charge in [-0.25, -0.2) is 4.79 Å². The highest BCUT2D eigenvalue weighted by atomic mass is 16.7. The number of esters is 1. The van der Waals surface area contributed by atoms with E-state index >= 15 is 0 Å². The maximum atomic E-state index is 12.7. The smallest absolute Gasteiger partial charge is 0.497 e. The van der Waals surface area contributed by atoms with Crippen LogP contribution in [0, 0.1) is 11.8 Å². The van der Waals surface area contributed by atoms with Gasteiger partial charge in [0.2, 0.25) is 0 Å². The first kappa shape index (κ1) is 33.8. The minimum absolute atomic E-state index is 0.0714. The van der Waals surface area contributed by atoms with Crippen molar-refractivity contribution in [3.63, 3.8) is 0 Å². The van der Waals surface area contributed by atoms with E-state index in [2.05, 4.69) is 71.0 Å². The highest BCUT2D eigenvalue weighted by molar-refractivity contribution is 5.69. The molecule has 6 nitrogen and oxygen atoms in total. The molecule has 0 amide bonds. The second-order valence-electron chi connectivity index (χ2n) is 13.8. The van der Waals surface area contributed by atoms with E-state index < -0.39 is 6.16 Å². The van der Waals surface area contributed by atoms with Gasteiger partial charge in [-0.2, -0.15) is 0 Å². The van der Waals surface area contributed by atoms with Gasteiger partial charge in [0.1, 0.15) is 23.0 Å². The van der Waals surface area contributed by atoms with Gasteiger partial charge in [0, 0.05) is 12.3 Å². The molecular weight excluding hydrogens is 588 g/mol.